The second-order valence-corrected chi connectivity index (χ2v) is 7.59. The van der Waals surface area contributed by atoms with Crippen molar-refractivity contribution in [2.75, 3.05) is 18.9 Å². The zero-order chi connectivity index (χ0) is 13.6. The molecule has 0 aromatic heterocycles. The van der Waals surface area contributed by atoms with Crippen molar-refractivity contribution in [3.8, 4) is 0 Å². The maximum Gasteiger partial charge on any atom is 0.243 e. The molecule has 1 heterocycles. The van der Waals surface area contributed by atoms with Gasteiger partial charge in [-0.1, -0.05) is 0 Å². The molecule has 0 saturated heterocycles. The molecule has 1 aromatic carbocycles. The van der Waals surface area contributed by atoms with Crippen LogP contribution < -0.4 is 5.32 Å². The summed E-state index contributed by atoms with van der Waals surface area (Å²) in [5, 5.41) is 3.25. The van der Waals surface area contributed by atoms with Crippen molar-refractivity contribution >= 4 is 15.7 Å². The first-order valence-electron chi connectivity index (χ1n) is 6.85. The van der Waals surface area contributed by atoms with Gasteiger partial charge in [-0.3, -0.25) is 0 Å². The van der Waals surface area contributed by atoms with Crippen molar-refractivity contribution in [2.45, 2.75) is 37.1 Å². The molecule has 0 spiro atoms. The Morgan fingerprint density at radius 1 is 1.37 bits per heavy atom. The van der Waals surface area contributed by atoms with Crippen molar-refractivity contribution in [1.29, 1.82) is 0 Å². The van der Waals surface area contributed by atoms with Crippen LogP contribution in [0, 0.1) is 5.92 Å². The third-order valence-corrected chi connectivity index (χ3v) is 6.28. The minimum absolute atomic E-state index is 0.0939. The average molecular weight is 280 g/mol. The molecule has 4 nitrogen and oxygen atoms in total. The van der Waals surface area contributed by atoms with Gasteiger partial charge in [-0.25, -0.2) is 8.42 Å². The van der Waals surface area contributed by atoms with Gasteiger partial charge in [0.1, 0.15) is 0 Å². The van der Waals surface area contributed by atoms with Gasteiger partial charge < -0.3 is 5.32 Å². The number of hydrogen-bond acceptors (Lipinski definition) is 3. The van der Waals surface area contributed by atoms with E-state index in [9.17, 15) is 8.42 Å². The van der Waals surface area contributed by atoms with E-state index in [1.807, 2.05) is 19.1 Å². The van der Waals surface area contributed by atoms with Gasteiger partial charge in [0.2, 0.25) is 10.0 Å². The third-order valence-electron chi connectivity index (χ3n) is 4.34. The lowest BCUT2D eigenvalue weighted by atomic mass is 10.2. The van der Waals surface area contributed by atoms with Crippen LogP contribution in [0.1, 0.15) is 25.3 Å². The fourth-order valence-electron chi connectivity index (χ4n) is 2.70. The lowest BCUT2D eigenvalue weighted by molar-refractivity contribution is 0.357. The average Bonchev–Trinajstić information content (AvgIpc) is 3.14. The Labute approximate surface area is 114 Å². The fourth-order valence-corrected chi connectivity index (χ4v) is 4.18. The van der Waals surface area contributed by atoms with Gasteiger partial charge in [0.25, 0.3) is 0 Å². The van der Waals surface area contributed by atoms with Gasteiger partial charge in [0.15, 0.2) is 0 Å². The largest absolute Gasteiger partial charge is 0.384 e. The molecule has 1 saturated carbocycles. The number of rotatable bonds is 4. The topological polar surface area (TPSA) is 49.4 Å². The monoisotopic (exact) mass is 280 g/mol. The van der Waals surface area contributed by atoms with E-state index < -0.39 is 10.0 Å². The Balaban J connectivity index is 1.91. The summed E-state index contributed by atoms with van der Waals surface area (Å²) in [6, 6.07) is 5.50. The number of sulfonamides is 1. The van der Waals surface area contributed by atoms with Crippen LogP contribution >= 0.6 is 0 Å². The highest BCUT2D eigenvalue weighted by Crippen LogP contribution is 2.36. The summed E-state index contributed by atoms with van der Waals surface area (Å²) in [5.41, 5.74) is 2.17. The van der Waals surface area contributed by atoms with Crippen LogP contribution in [0.4, 0.5) is 5.69 Å². The van der Waals surface area contributed by atoms with Gasteiger partial charge in [-0.05, 0) is 55.9 Å². The Morgan fingerprint density at radius 3 is 2.79 bits per heavy atom. The first-order valence-corrected chi connectivity index (χ1v) is 8.29. The molecule has 1 aromatic rings. The molecule has 0 amide bonds. The summed E-state index contributed by atoms with van der Waals surface area (Å²) in [6.07, 6.45) is 3.20. The summed E-state index contributed by atoms with van der Waals surface area (Å²) in [5.74, 6) is 0.538. The van der Waals surface area contributed by atoms with Crippen LogP contribution in [0.25, 0.3) is 0 Å². The van der Waals surface area contributed by atoms with Crippen LogP contribution in [-0.4, -0.2) is 32.4 Å². The Bertz CT molecular complexity index is 593. The zero-order valence-corrected chi connectivity index (χ0v) is 12.2. The minimum atomic E-state index is -3.36. The highest BCUT2D eigenvalue weighted by Gasteiger charge is 2.36. The quantitative estimate of drug-likeness (QED) is 0.918. The number of benzene rings is 1. The van der Waals surface area contributed by atoms with Gasteiger partial charge in [-0.15, -0.1) is 0 Å². The van der Waals surface area contributed by atoms with E-state index in [0.29, 0.717) is 10.8 Å². The van der Waals surface area contributed by atoms with E-state index in [0.717, 1.165) is 37.1 Å². The summed E-state index contributed by atoms with van der Waals surface area (Å²) in [6.45, 7) is 2.90. The van der Waals surface area contributed by atoms with Crippen molar-refractivity contribution in [2.24, 2.45) is 5.92 Å². The zero-order valence-electron chi connectivity index (χ0n) is 11.4. The maximum absolute atomic E-state index is 12.6. The third kappa shape index (κ3) is 2.25. The second kappa shape index (κ2) is 4.49. The first-order chi connectivity index (χ1) is 9.00. The molecule has 5 heteroatoms. The molecule has 3 rings (SSSR count). The SMILES string of the molecule is CC(C1CC1)N(C)S(=O)(=O)c1ccc2c(c1)CCN2. The molecule has 1 aliphatic heterocycles. The fraction of sp³-hybridized carbons (Fsp3) is 0.571. The molecule has 19 heavy (non-hydrogen) atoms. The van der Waals surface area contributed by atoms with Crippen LogP contribution in [0.15, 0.2) is 23.1 Å². The van der Waals surface area contributed by atoms with Crippen LogP contribution in [0.3, 0.4) is 0 Å². The second-order valence-electron chi connectivity index (χ2n) is 5.60. The maximum atomic E-state index is 12.6. The molecule has 104 valence electrons. The number of fused-ring (bicyclic) bond motifs is 1. The van der Waals surface area contributed by atoms with Crippen molar-refractivity contribution < 1.29 is 8.42 Å². The van der Waals surface area contributed by atoms with Crippen LogP contribution in [0.5, 0.6) is 0 Å². The highest BCUT2D eigenvalue weighted by atomic mass is 32.2. The molecule has 1 atom stereocenters. The normalized spacial score (nSPS) is 20.2. The molecule has 1 N–H and O–H groups in total. The smallest absolute Gasteiger partial charge is 0.243 e. The van der Waals surface area contributed by atoms with E-state index in [1.54, 1.807) is 13.1 Å². The highest BCUT2D eigenvalue weighted by molar-refractivity contribution is 7.89. The van der Waals surface area contributed by atoms with E-state index in [2.05, 4.69) is 5.32 Å². The van der Waals surface area contributed by atoms with E-state index in [-0.39, 0.29) is 6.04 Å². The van der Waals surface area contributed by atoms with Crippen molar-refractivity contribution in [1.82, 2.24) is 4.31 Å². The predicted molar refractivity (Wildman–Crippen MR) is 75.8 cm³/mol. The number of nitrogens with zero attached hydrogens (tertiary/aromatic N) is 1. The van der Waals surface area contributed by atoms with Gasteiger partial charge in [0.05, 0.1) is 4.90 Å². The number of anilines is 1. The molecular formula is C14H20N2O2S. The Hall–Kier alpha value is -1.07. The van der Waals surface area contributed by atoms with E-state index in [4.69, 9.17) is 0 Å². The molecule has 1 aliphatic carbocycles. The van der Waals surface area contributed by atoms with Crippen molar-refractivity contribution in [3.05, 3.63) is 23.8 Å². The predicted octanol–water partition coefficient (Wildman–Crippen LogP) is 2.07. The minimum Gasteiger partial charge on any atom is -0.384 e. The summed E-state index contributed by atoms with van der Waals surface area (Å²) in [4.78, 5) is 0.421. The molecule has 0 bridgehead atoms. The summed E-state index contributed by atoms with van der Waals surface area (Å²) < 4.78 is 26.8. The molecule has 0 radical (unpaired) electrons. The molecular weight excluding hydrogens is 260 g/mol. The molecule has 2 aliphatic rings. The summed E-state index contributed by atoms with van der Waals surface area (Å²) >= 11 is 0. The van der Waals surface area contributed by atoms with E-state index in [1.165, 1.54) is 4.31 Å². The van der Waals surface area contributed by atoms with E-state index >= 15 is 0 Å². The van der Waals surface area contributed by atoms with Crippen molar-refractivity contribution in [3.63, 3.8) is 0 Å². The number of hydrogen-bond donors (Lipinski definition) is 1. The van der Waals surface area contributed by atoms with Gasteiger partial charge >= 0.3 is 0 Å². The van der Waals surface area contributed by atoms with Gasteiger partial charge in [0, 0.05) is 25.3 Å². The van der Waals surface area contributed by atoms with Crippen LogP contribution in [-0.2, 0) is 16.4 Å². The Morgan fingerprint density at radius 2 is 2.11 bits per heavy atom. The lowest BCUT2D eigenvalue weighted by Gasteiger charge is -2.24. The Kier molecular flexibility index (Phi) is 3.06. The van der Waals surface area contributed by atoms with Gasteiger partial charge in [-0.2, -0.15) is 4.31 Å². The van der Waals surface area contributed by atoms with Crippen LogP contribution in [0.2, 0.25) is 0 Å². The number of nitrogens with one attached hydrogen (secondary N) is 1. The summed E-state index contributed by atoms with van der Waals surface area (Å²) in [7, 11) is -1.66. The lowest BCUT2D eigenvalue weighted by Crippen LogP contribution is -2.36. The first kappa shape index (κ1) is 12.9. The molecule has 1 unspecified atom stereocenters. The molecule has 1 fully saturated rings. The standard InChI is InChI=1S/C14H20N2O2S/c1-10(11-3-4-11)16(2)19(17,18)13-5-6-14-12(9-13)7-8-15-14/h5-6,9-11,15H,3-4,7-8H2,1-2H3.